The van der Waals surface area contributed by atoms with Crippen LogP contribution in [0.3, 0.4) is 0 Å². The number of fused-ring (bicyclic) bond motifs is 4. The van der Waals surface area contributed by atoms with Crippen molar-refractivity contribution in [3.63, 3.8) is 0 Å². The van der Waals surface area contributed by atoms with Crippen molar-refractivity contribution in [2.45, 2.75) is 109 Å². The number of amides is 2. The molecule has 380 valence electrons. The van der Waals surface area contributed by atoms with Crippen LogP contribution in [0.25, 0.3) is 44.1 Å². The molecule has 0 spiro atoms. The lowest BCUT2D eigenvalue weighted by Gasteiger charge is -2.38. The Hall–Kier alpha value is -5.19. The van der Waals surface area contributed by atoms with E-state index in [0.717, 1.165) is 96.3 Å². The molecule has 2 fully saturated rings. The van der Waals surface area contributed by atoms with Crippen molar-refractivity contribution in [3.05, 3.63) is 128 Å². The number of hydrogen-bond acceptors (Lipinski definition) is 8. The molecular weight excluding hydrogens is 1030 g/mol. The molecule has 1 unspecified atom stereocenters. The molecule has 5 heterocycles. The van der Waals surface area contributed by atoms with Crippen LogP contribution >= 0.6 is 31.9 Å². The summed E-state index contributed by atoms with van der Waals surface area (Å²) in [4.78, 5) is 51.3. The number of unbranched alkanes of at least 4 members (excludes halogenated alkanes) is 5. The third-order valence-electron chi connectivity index (χ3n) is 15.1. The Morgan fingerprint density at radius 3 is 2.00 bits per heavy atom. The normalized spacial score (nSPS) is 16.0. The summed E-state index contributed by atoms with van der Waals surface area (Å²) in [6.45, 7) is 11.3. The Morgan fingerprint density at radius 2 is 1.35 bits per heavy atom. The molecule has 72 heavy (non-hydrogen) atoms. The largest absolute Gasteiger partial charge is 0.388 e. The van der Waals surface area contributed by atoms with Crippen molar-refractivity contribution in [2.24, 2.45) is 7.05 Å². The van der Waals surface area contributed by atoms with Gasteiger partial charge in [-0.2, -0.15) is 5.10 Å². The van der Waals surface area contributed by atoms with Gasteiger partial charge in [0.2, 0.25) is 11.8 Å². The first kappa shape index (κ1) is 51.7. The van der Waals surface area contributed by atoms with Crippen LogP contribution in [0.2, 0.25) is 0 Å². The van der Waals surface area contributed by atoms with E-state index in [2.05, 4.69) is 105 Å². The van der Waals surface area contributed by atoms with Gasteiger partial charge in [0, 0.05) is 109 Å². The zero-order chi connectivity index (χ0) is 50.2. The quantitative estimate of drug-likeness (QED) is 0.0680. The summed E-state index contributed by atoms with van der Waals surface area (Å²) in [7, 11) is 1.80. The van der Waals surface area contributed by atoms with Crippen molar-refractivity contribution < 1.29 is 14.7 Å². The van der Waals surface area contributed by atoms with Gasteiger partial charge in [0.05, 0.1) is 24.2 Å². The lowest BCUT2D eigenvalue weighted by Crippen LogP contribution is -2.49. The Bertz CT molecular complexity index is 2970. The molecule has 0 radical (unpaired) electrons. The fourth-order valence-corrected chi connectivity index (χ4v) is 11.6. The van der Waals surface area contributed by atoms with Gasteiger partial charge in [0.1, 0.15) is 5.52 Å². The van der Waals surface area contributed by atoms with Crippen LogP contribution in [0.15, 0.2) is 111 Å². The number of hydrogen-bond donors (Lipinski definition) is 2. The molecule has 0 bridgehead atoms. The third-order valence-corrected chi connectivity index (χ3v) is 16.1. The minimum absolute atomic E-state index is 0.0713. The predicted molar refractivity (Wildman–Crippen MR) is 295 cm³/mol. The maximum absolute atomic E-state index is 13.7. The smallest absolute Gasteiger partial charge is 0.281 e. The number of likely N-dealkylation sites (tertiary alicyclic amines) is 1. The minimum atomic E-state index is -1.14. The number of aryl methyl sites for hydroxylation is 2. The number of piperazine rings is 1. The van der Waals surface area contributed by atoms with Gasteiger partial charge in [-0.25, -0.2) is 4.98 Å². The number of carbonyl (C=O) groups excluding carboxylic acids is 2. The molecule has 1 atom stereocenters. The summed E-state index contributed by atoms with van der Waals surface area (Å²) in [5, 5.41) is 21.8. The Morgan fingerprint density at radius 1 is 0.736 bits per heavy atom. The van der Waals surface area contributed by atoms with Gasteiger partial charge in [0.25, 0.3) is 5.56 Å². The van der Waals surface area contributed by atoms with Crippen LogP contribution in [0.1, 0.15) is 94.6 Å². The zero-order valence-corrected chi connectivity index (χ0v) is 45.0. The molecule has 2 saturated heterocycles. The van der Waals surface area contributed by atoms with E-state index < -0.39 is 5.60 Å². The number of carbonyl (C=O) groups is 2. The van der Waals surface area contributed by atoms with Crippen LogP contribution in [-0.4, -0.2) is 113 Å². The van der Waals surface area contributed by atoms with Crippen LogP contribution < -0.4 is 10.9 Å². The Kier molecular flexibility index (Phi) is 17.1. The first-order chi connectivity index (χ1) is 34.9. The SMILES string of the molecule is CC(CC(=O)N1CCC(O)(Cn2cnc3c(-c4ccc(CNC(=O)CCCCCCCCN5CCN(CCCn6c7ccc(Br)cc7c7cc(Br)ccc76)CC5)cc4)n(C)nc3c2=O)CC1)c1ccccc1. The average Bonchev–Trinajstić information content (AvgIpc) is 3.88. The van der Waals surface area contributed by atoms with Gasteiger partial charge in [-0.1, -0.05) is 119 Å². The van der Waals surface area contributed by atoms with Gasteiger partial charge in [0.15, 0.2) is 5.52 Å². The summed E-state index contributed by atoms with van der Waals surface area (Å²) in [5.41, 5.74) is 5.59. The molecule has 0 aliphatic carbocycles. The van der Waals surface area contributed by atoms with Gasteiger partial charge >= 0.3 is 0 Å². The van der Waals surface area contributed by atoms with E-state index >= 15 is 0 Å². The number of piperidine rings is 1. The first-order valence-corrected chi connectivity index (χ1v) is 27.6. The molecule has 2 aliphatic heterocycles. The second kappa shape index (κ2) is 23.8. The highest BCUT2D eigenvalue weighted by atomic mass is 79.9. The van der Waals surface area contributed by atoms with Gasteiger partial charge in [-0.3, -0.25) is 23.6 Å². The minimum Gasteiger partial charge on any atom is -0.388 e. The summed E-state index contributed by atoms with van der Waals surface area (Å²) < 4.78 is 7.83. The van der Waals surface area contributed by atoms with Crippen molar-refractivity contribution in [3.8, 4) is 11.3 Å². The Balaban J connectivity index is 0.635. The average molecular weight is 1100 g/mol. The number of rotatable bonds is 21. The summed E-state index contributed by atoms with van der Waals surface area (Å²) in [5.74, 6) is 0.256. The van der Waals surface area contributed by atoms with E-state index in [1.807, 2.05) is 59.5 Å². The number of aliphatic hydroxyl groups is 1. The summed E-state index contributed by atoms with van der Waals surface area (Å²) in [6, 6.07) is 31.2. The first-order valence-electron chi connectivity index (χ1n) is 26.1. The molecule has 0 saturated carbocycles. The van der Waals surface area contributed by atoms with E-state index in [0.29, 0.717) is 50.8 Å². The van der Waals surface area contributed by atoms with E-state index in [1.54, 1.807) is 11.7 Å². The van der Waals surface area contributed by atoms with E-state index in [1.165, 1.54) is 58.5 Å². The number of nitrogens with zero attached hydrogens (tertiary/aromatic N) is 8. The van der Waals surface area contributed by atoms with Gasteiger partial charge in [-0.05, 0) is 98.6 Å². The topological polar surface area (TPSA) is 134 Å². The molecule has 4 aromatic carbocycles. The van der Waals surface area contributed by atoms with Crippen molar-refractivity contribution >= 4 is 76.5 Å². The molecular formula is C57H69Br2N9O4. The Labute approximate surface area is 439 Å². The van der Waals surface area contributed by atoms with Crippen LogP contribution in [0, 0.1) is 0 Å². The van der Waals surface area contributed by atoms with Crippen LogP contribution in [-0.2, 0) is 36.3 Å². The number of aromatic nitrogens is 5. The molecule has 2 amide bonds. The number of benzene rings is 4. The summed E-state index contributed by atoms with van der Waals surface area (Å²) >= 11 is 7.34. The third kappa shape index (κ3) is 12.6. The highest BCUT2D eigenvalue weighted by molar-refractivity contribution is 9.10. The number of halogens is 2. The molecule has 3 aromatic heterocycles. The lowest BCUT2D eigenvalue weighted by molar-refractivity contribution is -0.136. The molecule has 15 heteroatoms. The molecule has 13 nitrogen and oxygen atoms in total. The second-order valence-corrected chi connectivity index (χ2v) is 22.2. The second-order valence-electron chi connectivity index (χ2n) is 20.3. The molecule has 9 rings (SSSR count). The van der Waals surface area contributed by atoms with Crippen LogP contribution in [0.4, 0.5) is 0 Å². The maximum atomic E-state index is 13.7. The van der Waals surface area contributed by atoms with Gasteiger partial charge < -0.3 is 29.7 Å². The number of nitrogens with one attached hydrogen (secondary N) is 1. The van der Waals surface area contributed by atoms with E-state index in [-0.39, 0.29) is 35.4 Å². The molecule has 2 N–H and O–H groups in total. The fraction of sp³-hybridized carbons (Fsp3) is 0.456. The zero-order valence-electron chi connectivity index (χ0n) is 41.9. The van der Waals surface area contributed by atoms with E-state index in [9.17, 15) is 19.5 Å². The van der Waals surface area contributed by atoms with Crippen molar-refractivity contribution in [1.29, 1.82) is 0 Å². The van der Waals surface area contributed by atoms with E-state index in [4.69, 9.17) is 0 Å². The van der Waals surface area contributed by atoms with Crippen LogP contribution in [0.5, 0.6) is 0 Å². The predicted octanol–water partition coefficient (Wildman–Crippen LogP) is 10.0. The molecule has 7 aromatic rings. The molecule has 2 aliphatic rings. The standard InChI is InChI=1S/C57H69Br2N9O4/c1-41(43-13-8-7-9-14-43)35-52(70)66-29-24-57(72,25-30-66)39-67-40-61-53-54(56(67)71)62-63(2)55(53)44-18-16-42(17-19-44)38-60-51(69)15-10-5-3-4-6-11-26-64-31-33-65(34-32-64)27-12-28-68-49-22-20-45(58)36-47(49)48-37-46(59)21-23-50(48)68/h7-9,13-14,16-23,36-37,40-41,72H,3-6,10-12,15,24-35,38-39H2,1-2H3,(H,60,69). The summed E-state index contributed by atoms with van der Waals surface area (Å²) in [6.07, 6.45) is 11.1. The highest BCUT2D eigenvalue weighted by Gasteiger charge is 2.35. The maximum Gasteiger partial charge on any atom is 0.281 e. The van der Waals surface area contributed by atoms with Crippen molar-refractivity contribution in [1.82, 2.24) is 43.9 Å². The van der Waals surface area contributed by atoms with Gasteiger partial charge in [-0.15, -0.1) is 0 Å². The highest BCUT2D eigenvalue weighted by Crippen LogP contribution is 2.34. The monoisotopic (exact) mass is 1100 g/mol. The van der Waals surface area contributed by atoms with Crippen molar-refractivity contribution in [2.75, 3.05) is 52.4 Å². The fourth-order valence-electron chi connectivity index (χ4n) is 10.8. The lowest BCUT2D eigenvalue weighted by atomic mass is 9.90.